The third kappa shape index (κ3) is 2.39. The minimum absolute atomic E-state index is 0.290. The minimum atomic E-state index is -0.635. The lowest BCUT2D eigenvalue weighted by Gasteiger charge is -2.28. The monoisotopic (exact) mass is 252 g/mol. The van der Waals surface area contributed by atoms with Gasteiger partial charge in [-0.3, -0.25) is 4.79 Å². The number of nitrogens with two attached hydrogens (primary N) is 1. The molecule has 1 aromatic carbocycles. The van der Waals surface area contributed by atoms with Crippen molar-refractivity contribution in [2.24, 2.45) is 11.7 Å². The molecule has 2 atom stereocenters. The van der Waals surface area contributed by atoms with Crippen LogP contribution < -0.4 is 11.1 Å². The van der Waals surface area contributed by atoms with Crippen LogP contribution in [-0.4, -0.2) is 11.4 Å². The van der Waals surface area contributed by atoms with Gasteiger partial charge in [0.2, 0.25) is 5.91 Å². The van der Waals surface area contributed by atoms with Gasteiger partial charge in [-0.25, -0.2) is 0 Å². The average molecular weight is 253 g/mol. The van der Waals surface area contributed by atoms with Crippen LogP contribution in [0.3, 0.4) is 0 Å². The van der Waals surface area contributed by atoms with E-state index in [1.807, 2.05) is 18.2 Å². The van der Waals surface area contributed by atoms with Gasteiger partial charge in [0, 0.05) is 0 Å². The van der Waals surface area contributed by atoms with E-state index in [1.165, 1.54) is 0 Å². The number of anilines is 1. The normalized spacial score (nSPS) is 28.0. The van der Waals surface area contributed by atoms with Crippen LogP contribution in [0.25, 0.3) is 0 Å². The summed E-state index contributed by atoms with van der Waals surface area (Å²) < 4.78 is 0. The van der Waals surface area contributed by atoms with Crippen molar-refractivity contribution in [2.45, 2.75) is 31.7 Å². The molecule has 0 aromatic heterocycles. The summed E-state index contributed by atoms with van der Waals surface area (Å²) in [4.78, 5) is 11.7. The highest BCUT2D eigenvalue weighted by atomic mass is 35.5. The number of para-hydroxylation sites is 1. The van der Waals surface area contributed by atoms with Crippen LogP contribution in [0.15, 0.2) is 24.3 Å². The molecule has 92 valence electrons. The summed E-state index contributed by atoms with van der Waals surface area (Å²) in [7, 11) is 0. The zero-order valence-electron chi connectivity index (χ0n) is 9.87. The first-order valence-corrected chi connectivity index (χ1v) is 6.24. The van der Waals surface area contributed by atoms with Crippen molar-refractivity contribution in [3.05, 3.63) is 29.3 Å². The van der Waals surface area contributed by atoms with E-state index in [1.54, 1.807) is 6.07 Å². The quantitative estimate of drug-likeness (QED) is 0.869. The molecule has 0 saturated heterocycles. The van der Waals surface area contributed by atoms with Gasteiger partial charge in [-0.1, -0.05) is 30.7 Å². The van der Waals surface area contributed by atoms with Crippen molar-refractivity contribution < 1.29 is 4.79 Å². The highest BCUT2D eigenvalue weighted by Gasteiger charge is 2.42. The first-order chi connectivity index (χ1) is 8.03. The van der Waals surface area contributed by atoms with Crippen molar-refractivity contribution in [2.75, 3.05) is 5.32 Å². The zero-order chi connectivity index (χ0) is 12.5. The maximum Gasteiger partial charge on any atom is 0.243 e. The fourth-order valence-electron chi connectivity index (χ4n) is 2.51. The van der Waals surface area contributed by atoms with Gasteiger partial charge in [0.05, 0.1) is 10.7 Å². The SMILES string of the molecule is CC1CCC(Nc2ccccc2Cl)(C(N)=O)C1. The van der Waals surface area contributed by atoms with Gasteiger partial charge in [-0.2, -0.15) is 0 Å². The van der Waals surface area contributed by atoms with Gasteiger partial charge < -0.3 is 11.1 Å². The Balaban J connectivity index is 2.26. The Bertz CT molecular complexity index is 435. The maximum atomic E-state index is 11.7. The highest BCUT2D eigenvalue weighted by molar-refractivity contribution is 6.33. The number of carbonyl (C=O) groups excluding carboxylic acids is 1. The second kappa shape index (κ2) is 4.57. The topological polar surface area (TPSA) is 55.1 Å². The molecule has 1 amide bonds. The van der Waals surface area contributed by atoms with E-state index in [9.17, 15) is 4.79 Å². The van der Waals surface area contributed by atoms with Crippen LogP contribution in [0.2, 0.25) is 5.02 Å². The number of nitrogens with one attached hydrogen (secondary N) is 1. The standard InChI is InChI=1S/C13H17ClN2O/c1-9-6-7-13(8-9,12(15)17)16-11-5-3-2-4-10(11)14/h2-5,9,16H,6-8H2,1H3,(H2,15,17). The van der Waals surface area contributed by atoms with Crippen LogP contribution in [0, 0.1) is 5.92 Å². The van der Waals surface area contributed by atoms with E-state index < -0.39 is 5.54 Å². The molecule has 1 aliphatic carbocycles. The van der Waals surface area contributed by atoms with Crippen LogP contribution in [0.4, 0.5) is 5.69 Å². The lowest BCUT2D eigenvalue weighted by molar-refractivity contribution is -0.122. The number of hydrogen-bond acceptors (Lipinski definition) is 2. The fraction of sp³-hybridized carbons (Fsp3) is 0.462. The summed E-state index contributed by atoms with van der Waals surface area (Å²) in [6, 6.07) is 7.43. The van der Waals surface area contributed by atoms with E-state index in [-0.39, 0.29) is 5.91 Å². The van der Waals surface area contributed by atoms with Gasteiger partial charge >= 0.3 is 0 Å². The van der Waals surface area contributed by atoms with E-state index in [4.69, 9.17) is 17.3 Å². The molecule has 1 aromatic rings. The molecular weight excluding hydrogens is 236 g/mol. The number of amides is 1. The maximum absolute atomic E-state index is 11.7. The van der Waals surface area contributed by atoms with Gasteiger partial charge in [0.15, 0.2) is 0 Å². The van der Waals surface area contributed by atoms with E-state index in [0.717, 1.165) is 24.9 Å². The molecule has 0 radical (unpaired) electrons. The van der Waals surface area contributed by atoms with Crippen LogP contribution >= 0.6 is 11.6 Å². The zero-order valence-corrected chi connectivity index (χ0v) is 10.6. The third-order valence-corrected chi connectivity index (χ3v) is 3.81. The molecule has 1 fully saturated rings. The summed E-state index contributed by atoms with van der Waals surface area (Å²) >= 11 is 6.09. The number of carbonyl (C=O) groups is 1. The second-order valence-electron chi connectivity index (χ2n) is 4.90. The number of hydrogen-bond donors (Lipinski definition) is 2. The van der Waals surface area contributed by atoms with E-state index in [0.29, 0.717) is 10.9 Å². The second-order valence-corrected chi connectivity index (χ2v) is 5.31. The van der Waals surface area contributed by atoms with E-state index >= 15 is 0 Å². The molecule has 2 unspecified atom stereocenters. The van der Waals surface area contributed by atoms with Crippen molar-refractivity contribution in [1.29, 1.82) is 0 Å². The average Bonchev–Trinajstić information content (AvgIpc) is 2.65. The largest absolute Gasteiger partial charge is 0.370 e. The van der Waals surface area contributed by atoms with Crippen LogP contribution in [0.1, 0.15) is 26.2 Å². The Morgan fingerprint density at radius 3 is 2.76 bits per heavy atom. The predicted molar refractivity (Wildman–Crippen MR) is 70.0 cm³/mol. The fourth-order valence-corrected chi connectivity index (χ4v) is 2.69. The predicted octanol–water partition coefficient (Wildman–Crippen LogP) is 2.80. The molecule has 17 heavy (non-hydrogen) atoms. The first kappa shape index (κ1) is 12.2. The minimum Gasteiger partial charge on any atom is -0.370 e. The Hall–Kier alpha value is -1.22. The summed E-state index contributed by atoms with van der Waals surface area (Å²) in [6.07, 6.45) is 2.56. The van der Waals surface area contributed by atoms with Crippen molar-refractivity contribution >= 4 is 23.2 Å². The number of primary amides is 1. The third-order valence-electron chi connectivity index (χ3n) is 3.48. The Kier molecular flexibility index (Phi) is 3.29. The molecule has 0 heterocycles. The van der Waals surface area contributed by atoms with Crippen molar-refractivity contribution in [3.63, 3.8) is 0 Å². The molecule has 3 N–H and O–H groups in total. The molecule has 4 heteroatoms. The molecule has 1 saturated carbocycles. The number of rotatable bonds is 3. The Morgan fingerprint density at radius 2 is 2.24 bits per heavy atom. The molecule has 1 aliphatic rings. The summed E-state index contributed by atoms with van der Waals surface area (Å²) in [5.41, 5.74) is 5.69. The molecule has 0 bridgehead atoms. The Morgan fingerprint density at radius 1 is 1.53 bits per heavy atom. The molecule has 0 spiro atoms. The lowest BCUT2D eigenvalue weighted by Crippen LogP contribution is -2.48. The van der Waals surface area contributed by atoms with Crippen LogP contribution in [0.5, 0.6) is 0 Å². The van der Waals surface area contributed by atoms with Gasteiger partial charge in [0.1, 0.15) is 5.54 Å². The van der Waals surface area contributed by atoms with Gasteiger partial charge in [-0.05, 0) is 37.3 Å². The van der Waals surface area contributed by atoms with Crippen molar-refractivity contribution in [3.8, 4) is 0 Å². The Labute approximate surface area is 106 Å². The highest BCUT2D eigenvalue weighted by Crippen LogP contribution is 2.38. The van der Waals surface area contributed by atoms with Gasteiger partial charge in [-0.15, -0.1) is 0 Å². The summed E-state index contributed by atoms with van der Waals surface area (Å²) in [6.45, 7) is 2.14. The molecular formula is C13H17ClN2O. The molecule has 2 rings (SSSR count). The molecule has 3 nitrogen and oxygen atoms in total. The number of halogens is 1. The summed E-state index contributed by atoms with van der Waals surface area (Å²) in [5.74, 6) is 0.222. The lowest BCUT2D eigenvalue weighted by atomic mass is 9.95. The van der Waals surface area contributed by atoms with Crippen molar-refractivity contribution in [1.82, 2.24) is 0 Å². The van der Waals surface area contributed by atoms with E-state index in [2.05, 4.69) is 12.2 Å². The summed E-state index contributed by atoms with van der Waals surface area (Å²) in [5, 5.41) is 3.86. The smallest absolute Gasteiger partial charge is 0.243 e. The number of benzene rings is 1. The first-order valence-electron chi connectivity index (χ1n) is 5.86. The van der Waals surface area contributed by atoms with Crippen LogP contribution in [-0.2, 0) is 4.79 Å². The molecule has 0 aliphatic heterocycles. The van der Waals surface area contributed by atoms with Gasteiger partial charge in [0.25, 0.3) is 0 Å².